The lowest BCUT2D eigenvalue weighted by molar-refractivity contribution is -0.0780. The third kappa shape index (κ3) is 20.2. The van der Waals surface area contributed by atoms with Gasteiger partial charge in [-0.25, -0.2) is 0 Å². The van der Waals surface area contributed by atoms with Crippen molar-refractivity contribution in [2.45, 2.75) is 32.4 Å². The summed E-state index contributed by atoms with van der Waals surface area (Å²) in [6.45, 7) is 9.25. The molecule has 8 heteroatoms. The van der Waals surface area contributed by atoms with Crippen molar-refractivity contribution < 1.29 is 27.8 Å². The van der Waals surface area contributed by atoms with Crippen molar-refractivity contribution in [1.29, 1.82) is 0 Å². The molecule has 0 aliphatic heterocycles. The van der Waals surface area contributed by atoms with Crippen molar-refractivity contribution >= 4 is 19.5 Å². The van der Waals surface area contributed by atoms with Crippen LogP contribution in [0, 0.1) is 0 Å². The maximum Gasteiger partial charge on any atom is 0.158 e. The summed E-state index contributed by atoms with van der Waals surface area (Å²) in [5.74, 6) is 0. The van der Waals surface area contributed by atoms with Crippen molar-refractivity contribution in [2.24, 2.45) is 0 Å². The van der Waals surface area contributed by atoms with Crippen LogP contribution in [0.3, 0.4) is 0 Å². The first-order valence-corrected chi connectivity index (χ1v) is 11.9. The highest BCUT2D eigenvalue weighted by Crippen LogP contribution is 1.90. The maximum absolute atomic E-state index is 5.34. The van der Waals surface area contributed by atoms with Crippen LogP contribution in [0.25, 0.3) is 0 Å². The molecular formula is C13H32O6Si2. The Kier molecular flexibility index (Phi) is 20.4. The minimum Gasteiger partial charge on any atom is -0.424 e. The number of hydrogen-bond acceptors (Lipinski definition) is 6. The van der Waals surface area contributed by atoms with Gasteiger partial charge in [-0.05, 0) is 19.3 Å². The van der Waals surface area contributed by atoms with E-state index < -0.39 is 0 Å². The second kappa shape index (κ2) is 20.2. The molecule has 0 aromatic rings. The first-order chi connectivity index (χ1) is 10.4. The van der Waals surface area contributed by atoms with Crippen molar-refractivity contribution in [1.82, 2.24) is 0 Å². The molecule has 0 bridgehead atoms. The van der Waals surface area contributed by atoms with Crippen LogP contribution in [-0.2, 0) is 27.8 Å². The Balaban J connectivity index is 2.90. The van der Waals surface area contributed by atoms with Crippen LogP contribution < -0.4 is 0 Å². The fraction of sp³-hybridized carbons (Fsp3) is 1.00. The molecule has 6 nitrogen and oxygen atoms in total. The molecule has 0 spiro atoms. The molecule has 0 fully saturated rings. The average molecular weight is 341 g/mol. The summed E-state index contributed by atoms with van der Waals surface area (Å²) in [6.07, 6.45) is 2.73. The van der Waals surface area contributed by atoms with Crippen LogP contribution in [0.5, 0.6) is 0 Å². The molecule has 0 N–H and O–H groups in total. The van der Waals surface area contributed by atoms with E-state index in [2.05, 4.69) is 13.1 Å². The Morgan fingerprint density at radius 3 is 1.19 bits per heavy atom. The molecule has 0 heterocycles. The summed E-state index contributed by atoms with van der Waals surface area (Å²) in [4.78, 5) is 0. The molecule has 0 radical (unpaired) electrons. The van der Waals surface area contributed by atoms with E-state index in [0.717, 1.165) is 32.5 Å². The van der Waals surface area contributed by atoms with E-state index in [9.17, 15) is 0 Å². The summed E-state index contributed by atoms with van der Waals surface area (Å²) in [5.41, 5.74) is 0. The van der Waals surface area contributed by atoms with E-state index >= 15 is 0 Å². The molecule has 0 aliphatic rings. The van der Waals surface area contributed by atoms with Gasteiger partial charge in [0, 0.05) is 13.2 Å². The highest BCUT2D eigenvalue weighted by Gasteiger charge is 1.93. The molecule has 0 atom stereocenters. The van der Waals surface area contributed by atoms with Crippen LogP contribution >= 0.6 is 0 Å². The zero-order valence-electron chi connectivity index (χ0n) is 13.6. The van der Waals surface area contributed by atoms with Crippen LogP contribution in [0.2, 0.25) is 13.1 Å². The summed E-state index contributed by atoms with van der Waals surface area (Å²) in [5, 5.41) is 0. The molecule has 0 aliphatic carbocycles. The predicted octanol–water partition coefficient (Wildman–Crippen LogP) is 0.435. The molecule has 0 amide bonds. The van der Waals surface area contributed by atoms with Gasteiger partial charge in [-0.3, -0.25) is 0 Å². The van der Waals surface area contributed by atoms with E-state index in [1.165, 1.54) is 0 Å². The predicted molar refractivity (Wildman–Crippen MR) is 88.1 cm³/mol. The first-order valence-electron chi connectivity index (χ1n) is 7.88. The monoisotopic (exact) mass is 340 g/mol. The minimum absolute atomic E-state index is 0.267. The Labute approximate surface area is 133 Å². The topological polar surface area (TPSA) is 55.4 Å². The van der Waals surface area contributed by atoms with E-state index in [4.69, 9.17) is 27.8 Å². The van der Waals surface area contributed by atoms with Crippen LogP contribution in [0.15, 0.2) is 0 Å². The first kappa shape index (κ1) is 21.2. The molecule has 0 saturated heterocycles. The van der Waals surface area contributed by atoms with E-state index in [1.807, 2.05) is 0 Å². The van der Waals surface area contributed by atoms with Crippen LogP contribution in [0.1, 0.15) is 19.3 Å². The fourth-order valence-electron chi connectivity index (χ4n) is 1.43. The van der Waals surface area contributed by atoms with Gasteiger partial charge in [-0.2, -0.15) is 0 Å². The van der Waals surface area contributed by atoms with Gasteiger partial charge >= 0.3 is 0 Å². The summed E-state index contributed by atoms with van der Waals surface area (Å²) >= 11 is 0. The number of rotatable bonds is 18. The third-order valence-corrected chi connectivity index (χ3v) is 3.87. The van der Waals surface area contributed by atoms with Crippen molar-refractivity contribution in [2.75, 3.05) is 53.2 Å². The van der Waals surface area contributed by atoms with E-state index in [1.54, 1.807) is 0 Å². The summed E-state index contributed by atoms with van der Waals surface area (Å²) in [6, 6.07) is 0. The van der Waals surface area contributed by atoms with Gasteiger partial charge in [0.15, 0.2) is 19.5 Å². The zero-order chi connectivity index (χ0) is 15.4. The van der Waals surface area contributed by atoms with Gasteiger partial charge < -0.3 is 27.8 Å². The van der Waals surface area contributed by atoms with Gasteiger partial charge in [0.1, 0.15) is 13.6 Å². The van der Waals surface area contributed by atoms with Gasteiger partial charge in [0.05, 0.1) is 26.4 Å². The normalized spacial score (nSPS) is 12.3. The molecule has 0 aromatic carbocycles. The van der Waals surface area contributed by atoms with E-state index in [0.29, 0.717) is 40.0 Å². The Morgan fingerprint density at radius 1 is 0.524 bits per heavy atom. The fourth-order valence-corrected chi connectivity index (χ4v) is 2.42. The summed E-state index contributed by atoms with van der Waals surface area (Å²) < 4.78 is 31.9. The Bertz CT molecular complexity index is 170. The highest BCUT2D eigenvalue weighted by molar-refractivity contribution is 6.24. The Morgan fingerprint density at radius 2 is 0.857 bits per heavy atom. The smallest absolute Gasteiger partial charge is 0.158 e. The van der Waals surface area contributed by atoms with Crippen LogP contribution in [0.4, 0.5) is 0 Å². The lowest BCUT2D eigenvalue weighted by Crippen LogP contribution is -2.09. The third-order valence-electron chi connectivity index (χ3n) is 2.47. The van der Waals surface area contributed by atoms with E-state index in [-0.39, 0.29) is 19.5 Å². The zero-order valence-corrected chi connectivity index (χ0v) is 16.5. The van der Waals surface area contributed by atoms with Gasteiger partial charge in [0.25, 0.3) is 0 Å². The molecule has 0 aromatic heterocycles. The van der Waals surface area contributed by atoms with Gasteiger partial charge in [0.2, 0.25) is 0 Å². The van der Waals surface area contributed by atoms with Gasteiger partial charge in [-0.15, -0.1) is 0 Å². The van der Waals surface area contributed by atoms with Crippen LogP contribution in [-0.4, -0.2) is 72.8 Å². The quantitative estimate of drug-likeness (QED) is 0.205. The second-order valence-corrected chi connectivity index (χ2v) is 6.29. The standard InChI is InChI=1S/C13H32O6Si2/c1-20-18-10-4-8-16-12-14-6-3-7-15-13-17-9-5-11-19-21-2/h3-13,20-21H2,1-2H3. The minimum atomic E-state index is -0.267. The van der Waals surface area contributed by atoms with Gasteiger partial charge in [-0.1, -0.05) is 13.1 Å². The Hall–Kier alpha value is 0.194. The number of hydrogen-bond donors (Lipinski definition) is 0. The molecule has 0 unspecified atom stereocenters. The highest BCUT2D eigenvalue weighted by atomic mass is 28.2. The van der Waals surface area contributed by atoms with Crippen molar-refractivity contribution in [3.63, 3.8) is 0 Å². The molecular weight excluding hydrogens is 308 g/mol. The SMILES string of the molecule is C[SiH2]OCCCOCOCCCOCOCCCO[SiH2]C. The number of ether oxygens (including phenoxy) is 4. The maximum atomic E-state index is 5.34. The molecule has 0 saturated carbocycles. The van der Waals surface area contributed by atoms with Crippen molar-refractivity contribution in [3.8, 4) is 0 Å². The average Bonchev–Trinajstić information content (AvgIpc) is 2.50. The molecule has 0 rings (SSSR count). The second-order valence-electron chi connectivity index (χ2n) is 4.32. The lowest BCUT2D eigenvalue weighted by atomic mass is 10.5. The largest absolute Gasteiger partial charge is 0.424 e. The molecule has 128 valence electrons. The van der Waals surface area contributed by atoms with Crippen molar-refractivity contribution in [3.05, 3.63) is 0 Å². The molecule has 21 heavy (non-hydrogen) atoms. The lowest BCUT2D eigenvalue weighted by Gasteiger charge is -2.07. The summed E-state index contributed by atoms with van der Waals surface area (Å²) in [7, 11) is -0.535.